The summed E-state index contributed by atoms with van der Waals surface area (Å²) >= 11 is 7.85. The van der Waals surface area contributed by atoms with Crippen LogP contribution in [-0.4, -0.2) is 28.3 Å². The first kappa shape index (κ1) is 16.5. The molecule has 2 aromatic rings. The number of aromatic nitrogens is 2. The molecule has 0 atom stereocenters. The molecule has 1 aromatic carbocycles. The van der Waals surface area contributed by atoms with Gasteiger partial charge in [-0.2, -0.15) is 30.0 Å². The SMILES string of the molecule is CSCCc1nn(-c2cc(C(F)(F)F)ccc2Cl)c2c1CCN2. The maximum Gasteiger partial charge on any atom is 0.416 e. The summed E-state index contributed by atoms with van der Waals surface area (Å²) in [7, 11) is 0. The van der Waals surface area contributed by atoms with Crippen LogP contribution in [0.4, 0.5) is 19.0 Å². The molecule has 124 valence electrons. The van der Waals surface area contributed by atoms with Gasteiger partial charge >= 0.3 is 6.18 Å². The number of nitrogens with one attached hydrogen (secondary N) is 1. The van der Waals surface area contributed by atoms with Gasteiger partial charge < -0.3 is 5.32 Å². The first-order valence-electron chi connectivity index (χ1n) is 7.12. The minimum Gasteiger partial charge on any atom is -0.369 e. The minimum absolute atomic E-state index is 0.244. The molecule has 0 unspecified atom stereocenters. The van der Waals surface area contributed by atoms with Crippen LogP contribution in [0.2, 0.25) is 5.02 Å². The topological polar surface area (TPSA) is 29.9 Å². The van der Waals surface area contributed by atoms with Crippen molar-refractivity contribution in [3.63, 3.8) is 0 Å². The van der Waals surface area contributed by atoms with Gasteiger partial charge in [0.05, 0.1) is 22.0 Å². The molecule has 0 saturated heterocycles. The lowest BCUT2D eigenvalue weighted by Gasteiger charge is -2.12. The molecule has 0 bridgehead atoms. The van der Waals surface area contributed by atoms with E-state index in [0.717, 1.165) is 54.3 Å². The third-order valence-corrected chi connectivity index (χ3v) is 4.71. The van der Waals surface area contributed by atoms with Gasteiger partial charge in [0.25, 0.3) is 0 Å². The molecule has 3 nitrogen and oxygen atoms in total. The second kappa shape index (κ2) is 6.28. The summed E-state index contributed by atoms with van der Waals surface area (Å²) < 4.78 is 40.4. The molecule has 0 amide bonds. The highest BCUT2D eigenvalue weighted by Crippen LogP contribution is 2.36. The number of fused-ring (bicyclic) bond motifs is 1. The summed E-state index contributed by atoms with van der Waals surface area (Å²) in [6.45, 7) is 0.760. The first-order valence-corrected chi connectivity index (χ1v) is 8.89. The average Bonchev–Trinajstić information content (AvgIpc) is 3.07. The van der Waals surface area contributed by atoms with Crippen molar-refractivity contribution < 1.29 is 13.2 Å². The van der Waals surface area contributed by atoms with Crippen LogP contribution < -0.4 is 5.32 Å². The maximum atomic E-state index is 13.0. The van der Waals surface area contributed by atoms with Crippen LogP contribution in [-0.2, 0) is 19.0 Å². The zero-order valence-corrected chi connectivity index (χ0v) is 13.9. The summed E-state index contributed by atoms with van der Waals surface area (Å²) in [6, 6.07) is 3.30. The molecular weight excluding hydrogens is 347 g/mol. The Balaban J connectivity index is 2.09. The van der Waals surface area contributed by atoms with E-state index in [1.165, 1.54) is 10.7 Å². The van der Waals surface area contributed by atoms with Gasteiger partial charge in [0.15, 0.2) is 0 Å². The predicted molar refractivity (Wildman–Crippen MR) is 87.9 cm³/mol. The molecule has 1 N–H and O–H groups in total. The van der Waals surface area contributed by atoms with Gasteiger partial charge in [0.1, 0.15) is 5.82 Å². The number of alkyl halides is 3. The van der Waals surface area contributed by atoms with Crippen LogP contribution in [0.25, 0.3) is 5.69 Å². The second-order valence-electron chi connectivity index (χ2n) is 5.27. The number of hydrogen-bond donors (Lipinski definition) is 1. The minimum atomic E-state index is -4.41. The zero-order valence-electron chi connectivity index (χ0n) is 12.4. The fourth-order valence-corrected chi connectivity index (χ4v) is 3.27. The van der Waals surface area contributed by atoms with E-state index >= 15 is 0 Å². The summed E-state index contributed by atoms with van der Waals surface area (Å²) in [4.78, 5) is 0. The highest BCUT2D eigenvalue weighted by molar-refractivity contribution is 7.98. The third-order valence-electron chi connectivity index (χ3n) is 3.78. The summed E-state index contributed by atoms with van der Waals surface area (Å²) in [6.07, 6.45) is -0.783. The van der Waals surface area contributed by atoms with Crippen molar-refractivity contribution in [3.05, 3.63) is 40.0 Å². The predicted octanol–water partition coefficient (Wildman–Crippen LogP) is 4.42. The summed E-state index contributed by atoms with van der Waals surface area (Å²) in [5.74, 6) is 1.67. The van der Waals surface area contributed by atoms with Crippen molar-refractivity contribution in [2.24, 2.45) is 0 Å². The molecule has 3 rings (SSSR count). The molecule has 0 spiro atoms. The first-order chi connectivity index (χ1) is 10.9. The highest BCUT2D eigenvalue weighted by Gasteiger charge is 2.32. The normalized spacial score (nSPS) is 14.0. The number of halogens is 4. The standard InChI is InChI=1S/C15H15ClF3N3S/c1-23-7-5-12-10-4-6-20-14(10)22(21-12)13-8-9(15(17,18)19)2-3-11(13)16/h2-3,8,20H,4-7H2,1H3. The molecule has 0 radical (unpaired) electrons. The van der Waals surface area contributed by atoms with Crippen LogP contribution in [0.5, 0.6) is 0 Å². The van der Waals surface area contributed by atoms with E-state index in [9.17, 15) is 13.2 Å². The van der Waals surface area contributed by atoms with E-state index in [0.29, 0.717) is 0 Å². The molecule has 1 aliphatic heterocycles. The van der Waals surface area contributed by atoms with Gasteiger partial charge in [0.2, 0.25) is 0 Å². The molecule has 0 fully saturated rings. The van der Waals surface area contributed by atoms with E-state index in [1.54, 1.807) is 11.8 Å². The Morgan fingerprint density at radius 1 is 1.39 bits per heavy atom. The van der Waals surface area contributed by atoms with Gasteiger partial charge in [-0.25, -0.2) is 4.68 Å². The maximum absolute atomic E-state index is 13.0. The third kappa shape index (κ3) is 3.17. The Kier molecular flexibility index (Phi) is 4.51. The number of nitrogens with zero attached hydrogens (tertiary/aromatic N) is 2. The summed E-state index contributed by atoms with van der Waals surface area (Å²) in [5, 5.41) is 7.96. The number of anilines is 1. The van der Waals surface area contributed by atoms with Crippen molar-refractivity contribution >= 4 is 29.2 Å². The van der Waals surface area contributed by atoms with Gasteiger partial charge in [-0.05, 0) is 36.6 Å². The summed E-state index contributed by atoms with van der Waals surface area (Å²) in [5.41, 5.74) is 1.52. The molecular formula is C15H15ClF3N3S. The van der Waals surface area contributed by atoms with Gasteiger partial charge in [-0.15, -0.1) is 0 Å². The lowest BCUT2D eigenvalue weighted by molar-refractivity contribution is -0.137. The van der Waals surface area contributed by atoms with Crippen molar-refractivity contribution in [2.45, 2.75) is 19.0 Å². The van der Waals surface area contributed by atoms with Crippen molar-refractivity contribution in [1.82, 2.24) is 9.78 Å². The van der Waals surface area contributed by atoms with E-state index in [4.69, 9.17) is 11.6 Å². The molecule has 1 aromatic heterocycles. The van der Waals surface area contributed by atoms with Crippen LogP contribution in [0, 0.1) is 0 Å². The monoisotopic (exact) mass is 361 g/mol. The van der Waals surface area contributed by atoms with Gasteiger partial charge in [0, 0.05) is 18.5 Å². The lowest BCUT2D eigenvalue weighted by Crippen LogP contribution is -2.09. The van der Waals surface area contributed by atoms with E-state index in [-0.39, 0.29) is 10.7 Å². The molecule has 23 heavy (non-hydrogen) atoms. The van der Waals surface area contributed by atoms with Crippen LogP contribution >= 0.6 is 23.4 Å². The van der Waals surface area contributed by atoms with E-state index in [2.05, 4.69) is 10.4 Å². The largest absolute Gasteiger partial charge is 0.416 e. The number of aryl methyl sites for hydroxylation is 1. The van der Waals surface area contributed by atoms with Crippen molar-refractivity contribution in [1.29, 1.82) is 0 Å². The number of hydrogen-bond acceptors (Lipinski definition) is 3. The Morgan fingerprint density at radius 3 is 2.87 bits per heavy atom. The molecule has 1 aliphatic rings. The van der Waals surface area contributed by atoms with Gasteiger partial charge in [-0.3, -0.25) is 0 Å². The Hall–Kier alpha value is -1.34. The Morgan fingerprint density at radius 2 is 2.17 bits per heavy atom. The van der Waals surface area contributed by atoms with Crippen LogP contribution in [0.1, 0.15) is 16.8 Å². The Bertz CT molecular complexity index is 727. The second-order valence-corrected chi connectivity index (χ2v) is 6.66. The number of rotatable bonds is 4. The highest BCUT2D eigenvalue weighted by atomic mass is 35.5. The zero-order chi connectivity index (χ0) is 16.6. The number of thioether (sulfide) groups is 1. The van der Waals surface area contributed by atoms with Crippen molar-refractivity contribution in [3.8, 4) is 5.69 Å². The molecule has 0 aliphatic carbocycles. The molecule has 8 heteroatoms. The fourth-order valence-electron chi connectivity index (χ4n) is 2.67. The van der Waals surface area contributed by atoms with E-state index < -0.39 is 11.7 Å². The van der Waals surface area contributed by atoms with Crippen LogP contribution in [0.15, 0.2) is 18.2 Å². The van der Waals surface area contributed by atoms with E-state index in [1.807, 2.05) is 6.26 Å². The van der Waals surface area contributed by atoms with Crippen molar-refractivity contribution in [2.75, 3.05) is 23.9 Å². The number of benzene rings is 1. The molecule has 2 heterocycles. The average molecular weight is 362 g/mol. The van der Waals surface area contributed by atoms with Crippen LogP contribution in [0.3, 0.4) is 0 Å². The smallest absolute Gasteiger partial charge is 0.369 e. The molecule has 0 saturated carbocycles. The fraction of sp³-hybridized carbons (Fsp3) is 0.400. The quantitative estimate of drug-likeness (QED) is 0.874. The van der Waals surface area contributed by atoms with Gasteiger partial charge in [-0.1, -0.05) is 11.6 Å². The lowest BCUT2D eigenvalue weighted by atomic mass is 10.1. The Labute approximate surface area is 141 Å².